The van der Waals surface area contributed by atoms with Gasteiger partial charge in [0.1, 0.15) is 12.1 Å². The maximum atomic E-state index is 12.5. The normalized spacial score (nSPS) is 20.1. The smallest absolute Gasteiger partial charge is 0.236 e. The second-order valence-corrected chi connectivity index (χ2v) is 6.94. The van der Waals surface area contributed by atoms with E-state index in [2.05, 4.69) is 25.1 Å². The molecule has 0 aromatic carbocycles. The van der Waals surface area contributed by atoms with E-state index in [1.165, 1.54) is 19.2 Å². The van der Waals surface area contributed by atoms with E-state index < -0.39 is 0 Å². The molecule has 1 aromatic heterocycles. The van der Waals surface area contributed by atoms with Gasteiger partial charge in [0, 0.05) is 38.3 Å². The molecule has 0 radical (unpaired) electrons. The zero-order valence-corrected chi connectivity index (χ0v) is 15.1. The molecule has 1 aromatic rings. The molecular weight excluding hydrogens is 318 g/mol. The van der Waals surface area contributed by atoms with Crippen LogP contribution < -0.4 is 10.1 Å². The highest BCUT2D eigenvalue weighted by atomic mass is 16.5. The quantitative estimate of drug-likeness (QED) is 0.875. The fourth-order valence-corrected chi connectivity index (χ4v) is 3.59. The Morgan fingerprint density at radius 3 is 2.56 bits per heavy atom. The molecule has 0 aliphatic carbocycles. The number of rotatable bonds is 5. The molecule has 3 heterocycles. The number of carbonyl (C=O) groups is 1. The van der Waals surface area contributed by atoms with Gasteiger partial charge in [0.05, 0.1) is 13.7 Å². The van der Waals surface area contributed by atoms with Crippen molar-refractivity contribution in [3.05, 3.63) is 12.4 Å². The van der Waals surface area contributed by atoms with Gasteiger partial charge in [0.15, 0.2) is 0 Å². The van der Waals surface area contributed by atoms with Crippen molar-refractivity contribution >= 4 is 11.7 Å². The monoisotopic (exact) mass is 347 g/mol. The highest BCUT2D eigenvalue weighted by molar-refractivity contribution is 5.78. The molecule has 2 aliphatic heterocycles. The van der Waals surface area contributed by atoms with Crippen molar-refractivity contribution in [2.45, 2.75) is 44.6 Å². The number of nitrogens with zero attached hydrogens (tertiary/aromatic N) is 4. The van der Waals surface area contributed by atoms with Crippen LogP contribution in [0.25, 0.3) is 0 Å². The molecule has 2 saturated heterocycles. The minimum Gasteiger partial charge on any atom is -0.481 e. The van der Waals surface area contributed by atoms with Gasteiger partial charge < -0.3 is 15.0 Å². The van der Waals surface area contributed by atoms with E-state index in [9.17, 15) is 4.79 Å². The van der Waals surface area contributed by atoms with Gasteiger partial charge in [-0.1, -0.05) is 12.8 Å². The summed E-state index contributed by atoms with van der Waals surface area (Å²) >= 11 is 0. The molecule has 25 heavy (non-hydrogen) atoms. The fourth-order valence-electron chi connectivity index (χ4n) is 3.59. The summed E-state index contributed by atoms with van der Waals surface area (Å²) in [6.45, 7) is 4.33. The molecule has 3 rings (SSSR count). The third kappa shape index (κ3) is 5.29. The van der Waals surface area contributed by atoms with E-state index in [4.69, 9.17) is 4.74 Å². The van der Waals surface area contributed by atoms with Gasteiger partial charge in [0.25, 0.3) is 0 Å². The molecular formula is C18H29N5O2. The molecule has 1 amide bonds. The number of amides is 1. The standard InChI is InChI=1S/C18H29N5O2/c1-25-17-12-16(19-14-20-17)21-15-6-10-22(11-7-15)13-18(24)23-8-4-2-3-5-9-23/h12,14-15H,2-11,13H2,1H3,(H,19,20,21). The summed E-state index contributed by atoms with van der Waals surface area (Å²) in [4.78, 5) is 25.1. The van der Waals surface area contributed by atoms with Crippen LogP contribution in [0.15, 0.2) is 12.4 Å². The Balaban J connectivity index is 1.42. The van der Waals surface area contributed by atoms with Crippen molar-refractivity contribution in [2.24, 2.45) is 0 Å². The lowest BCUT2D eigenvalue weighted by Crippen LogP contribution is -2.45. The van der Waals surface area contributed by atoms with Crippen LogP contribution in [0.1, 0.15) is 38.5 Å². The van der Waals surface area contributed by atoms with Crippen LogP contribution in [-0.4, -0.2) is 71.6 Å². The van der Waals surface area contributed by atoms with Gasteiger partial charge in [0.2, 0.25) is 11.8 Å². The fraction of sp³-hybridized carbons (Fsp3) is 0.722. The Bertz CT molecular complexity index is 552. The molecule has 7 nitrogen and oxygen atoms in total. The van der Waals surface area contributed by atoms with Crippen LogP contribution in [0.3, 0.4) is 0 Å². The maximum Gasteiger partial charge on any atom is 0.236 e. The van der Waals surface area contributed by atoms with Gasteiger partial charge in [-0.3, -0.25) is 9.69 Å². The third-order valence-electron chi connectivity index (χ3n) is 5.11. The number of hydrogen-bond donors (Lipinski definition) is 1. The van der Waals surface area contributed by atoms with Gasteiger partial charge in [-0.05, 0) is 25.7 Å². The van der Waals surface area contributed by atoms with E-state index in [-0.39, 0.29) is 0 Å². The average Bonchev–Trinajstić information content (AvgIpc) is 2.93. The first-order chi connectivity index (χ1) is 12.2. The number of aromatic nitrogens is 2. The second-order valence-electron chi connectivity index (χ2n) is 6.94. The minimum absolute atomic E-state index is 0.300. The molecule has 1 N–H and O–H groups in total. The Morgan fingerprint density at radius 1 is 1.16 bits per heavy atom. The van der Waals surface area contributed by atoms with Crippen molar-refractivity contribution in [3.63, 3.8) is 0 Å². The van der Waals surface area contributed by atoms with Gasteiger partial charge in [-0.25, -0.2) is 9.97 Å². The predicted molar refractivity (Wildman–Crippen MR) is 96.7 cm³/mol. The van der Waals surface area contributed by atoms with E-state index in [1.807, 2.05) is 6.07 Å². The van der Waals surface area contributed by atoms with Crippen LogP contribution >= 0.6 is 0 Å². The Labute approximate surface area is 149 Å². The topological polar surface area (TPSA) is 70.6 Å². The molecule has 0 atom stereocenters. The zero-order valence-electron chi connectivity index (χ0n) is 15.1. The maximum absolute atomic E-state index is 12.5. The van der Waals surface area contributed by atoms with Crippen molar-refractivity contribution in [2.75, 3.05) is 45.2 Å². The van der Waals surface area contributed by atoms with Crippen LogP contribution in [-0.2, 0) is 4.79 Å². The number of ether oxygens (including phenoxy) is 1. The summed E-state index contributed by atoms with van der Waals surface area (Å²) in [5.74, 6) is 1.66. The molecule has 0 unspecified atom stereocenters. The summed E-state index contributed by atoms with van der Waals surface area (Å²) in [6.07, 6.45) is 8.36. The summed E-state index contributed by atoms with van der Waals surface area (Å²) < 4.78 is 5.13. The highest BCUT2D eigenvalue weighted by Crippen LogP contribution is 2.18. The lowest BCUT2D eigenvalue weighted by Gasteiger charge is -2.33. The number of hydrogen-bond acceptors (Lipinski definition) is 6. The van der Waals surface area contributed by atoms with Crippen molar-refractivity contribution in [3.8, 4) is 5.88 Å². The zero-order chi connectivity index (χ0) is 17.5. The van der Waals surface area contributed by atoms with Crippen LogP contribution in [0.2, 0.25) is 0 Å². The van der Waals surface area contributed by atoms with Crippen LogP contribution in [0, 0.1) is 0 Å². The average molecular weight is 347 g/mol. The molecule has 0 spiro atoms. The second kappa shape index (κ2) is 8.99. The minimum atomic E-state index is 0.300. The van der Waals surface area contributed by atoms with E-state index >= 15 is 0 Å². The van der Waals surface area contributed by atoms with E-state index in [1.54, 1.807) is 7.11 Å². The number of anilines is 1. The van der Waals surface area contributed by atoms with Crippen molar-refractivity contribution < 1.29 is 9.53 Å². The highest BCUT2D eigenvalue weighted by Gasteiger charge is 2.23. The van der Waals surface area contributed by atoms with Crippen molar-refractivity contribution in [1.82, 2.24) is 19.8 Å². The number of likely N-dealkylation sites (tertiary alicyclic amines) is 2. The first-order valence-corrected chi connectivity index (χ1v) is 9.37. The summed E-state index contributed by atoms with van der Waals surface area (Å²) in [6, 6.07) is 2.19. The van der Waals surface area contributed by atoms with Crippen LogP contribution in [0.5, 0.6) is 5.88 Å². The van der Waals surface area contributed by atoms with Gasteiger partial charge in [-0.15, -0.1) is 0 Å². The van der Waals surface area contributed by atoms with Gasteiger partial charge in [-0.2, -0.15) is 0 Å². The van der Waals surface area contributed by atoms with E-state index in [0.29, 0.717) is 24.4 Å². The lowest BCUT2D eigenvalue weighted by molar-refractivity contribution is -0.132. The lowest BCUT2D eigenvalue weighted by atomic mass is 10.1. The Kier molecular flexibility index (Phi) is 6.44. The number of methoxy groups -OCH3 is 1. The van der Waals surface area contributed by atoms with E-state index in [0.717, 1.165) is 57.7 Å². The summed E-state index contributed by atoms with van der Waals surface area (Å²) in [7, 11) is 1.60. The molecule has 0 bridgehead atoms. The molecule has 7 heteroatoms. The first kappa shape index (κ1) is 17.9. The first-order valence-electron chi connectivity index (χ1n) is 9.37. The Hall–Kier alpha value is -1.89. The number of carbonyl (C=O) groups excluding carboxylic acids is 1. The predicted octanol–water partition coefficient (Wildman–Crippen LogP) is 1.76. The van der Waals surface area contributed by atoms with Crippen molar-refractivity contribution in [1.29, 1.82) is 0 Å². The van der Waals surface area contributed by atoms with Crippen LogP contribution in [0.4, 0.5) is 5.82 Å². The number of nitrogens with one attached hydrogen (secondary N) is 1. The molecule has 2 fully saturated rings. The largest absolute Gasteiger partial charge is 0.481 e. The number of piperidine rings is 1. The third-order valence-corrected chi connectivity index (χ3v) is 5.11. The molecule has 2 aliphatic rings. The SMILES string of the molecule is COc1cc(NC2CCN(CC(=O)N3CCCCCC3)CC2)ncn1. The van der Waals surface area contributed by atoms with Gasteiger partial charge >= 0.3 is 0 Å². The Morgan fingerprint density at radius 2 is 1.88 bits per heavy atom. The summed E-state index contributed by atoms with van der Waals surface area (Å²) in [5, 5.41) is 3.45. The molecule has 138 valence electrons. The molecule has 0 saturated carbocycles. The summed E-state index contributed by atoms with van der Waals surface area (Å²) in [5.41, 5.74) is 0.